The van der Waals surface area contributed by atoms with Gasteiger partial charge in [-0.15, -0.1) is 11.3 Å². The van der Waals surface area contributed by atoms with Crippen molar-refractivity contribution in [2.24, 2.45) is 5.92 Å². The first kappa shape index (κ1) is 14.3. The molecule has 1 aromatic heterocycles. The van der Waals surface area contributed by atoms with E-state index >= 15 is 0 Å². The Kier molecular flexibility index (Phi) is 3.69. The smallest absolute Gasteiger partial charge is 0.223 e. The standard InChI is InChI=1S/C19H23NOS/c21-18(14-8-6-9-14)20-19(11-4-1-5-12-19)17-13-15-7-2-3-10-16(15)22-17/h2-3,7,10,13-14H,1,4-6,8-9,11-12H2,(H,20,21). The van der Waals surface area contributed by atoms with Gasteiger partial charge < -0.3 is 5.32 Å². The minimum atomic E-state index is -0.103. The second-order valence-electron chi connectivity index (χ2n) is 6.91. The topological polar surface area (TPSA) is 29.1 Å². The van der Waals surface area contributed by atoms with Crippen molar-refractivity contribution >= 4 is 27.3 Å². The van der Waals surface area contributed by atoms with Gasteiger partial charge in [0.25, 0.3) is 0 Å². The molecule has 0 aliphatic heterocycles. The molecule has 0 unspecified atom stereocenters. The van der Waals surface area contributed by atoms with Gasteiger partial charge in [0, 0.05) is 15.5 Å². The molecule has 0 atom stereocenters. The molecule has 1 amide bonds. The van der Waals surface area contributed by atoms with Crippen molar-refractivity contribution in [2.75, 3.05) is 0 Å². The van der Waals surface area contributed by atoms with E-state index in [2.05, 4.69) is 35.6 Å². The molecule has 4 rings (SSSR count). The van der Waals surface area contributed by atoms with Gasteiger partial charge in [-0.1, -0.05) is 43.9 Å². The van der Waals surface area contributed by atoms with E-state index in [4.69, 9.17) is 0 Å². The largest absolute Gasteiger partial charge is 0.346 e. The summed E-state index contributed by atoms with van der Waals surface area (Å²) in [7, 11) is 0. The SMILES string of the molecule is O=C(NC1(c2cc3ccccc3s2)CCCCC1)C1CCC1. The zero-order valence-electron chi connectivity index (χ0n) is 12.9. The highest BCUT2D eigenvalue weighted by Crippen LogP contribution is 2.43. The summed E-state index contributed by atoms with van der Waals surface area (Å²) in [4.78, 5) is 13.9. The van der Waals surface area contributed by atoms with Crippen molar-refractivity contribution in [3.63, 3.8) is 0 Å². The predicted molar refractivity (Wildman–Crippen MR) is 92.1 cm³/mol. The predicted octanol–water partition coefficient (Wildman–Crippen LogP) is 4.98. The number of amides is 1. The number of hydrogen-bond donors (Lipinski definition) is 1. The van der Waals surface area contributed by atoms with Crippen LogP contribution in [0.15, 0.2) is 30.3 Å². The first-order valence-electron chi connectivity index (χ1n) is 8.58. The van der Waals surface area contributed by atoms with E-state index in [1.807, 2.05) is 11.3 Å². The molecule has 22 heavy (non-hydrogen) atoms. The molecule has 0 radical (unpaired) electrons. The fraction of sp³-hybridized carbons (Fsp3) is 0.526. The summed E-state index contributed by atoms with van der Waals surface area (Å²) in [5, 5.41) is 4.79. The van der Waals surface area contributed by atoms with Gasteiger partial charge in [0.15, 0.2) is 0 Å². The van der Waals surface area contributed by atoms with Crippen LogP contribution >= 0.6 is 11.3 Å². The van der Waals surface area contributed by atoms with Crippen LogP contribution in [0.2, 0.25) is 0 Å². The van der Waals surface area contributed by atoms with Gasteiger partial charge in [0.05, 0.1) is 5.54 Å². The van der Waals surface area contributed by atoms with E-state index < -0.39 is 0 Å². The highest BCUT2D eigenvalue weighted by Gasteiger charge is 2.39. The van der Waals surface area contributed by atoms with Gasteiger partial charge in [-0.3, -0.25) is 4.79 Å². The summed E-state index contributed by atoms with van der Waals surface area (Å²) < 4.78 is 1.33. The Hall–Kier alpha value is -1.35. The summed E-state index contributed by atoms with van der Waals surface area (Å²) >= 11 is 1.87. The highest BCUT2D eigenvalue weighted by molar-refractivity contribution is 7.19. The molecule has 0 bridgehead atoms. The van der Waals surface area contributed by atoms with E-state index in [-0.39, 0.29) is 11.5 Å². The molecule has 3 heteroatoms. The minimum Gasteiger partial charge on any atom is -0.346 e. The summed E-state index contributed by atoms with van der Waals surface area (Å²) in [6.07, 6.45) is 9.30. The third-order valence-corrected chi connectivity index (χ3v) is 6.76. The van der Waals surface area contributed by atoms with Crippen LogP contribution in [-0.4, -0.2) is 5.91 Å². The van der Waals surface area contributed by atoms with Crippen LogP contribution in [0, 0.1) is 5.92 Å². The van der Waals surface area contributed by atoms with Crippen molar-refractivity contribution in [1.29, 1.82) is 0 Å². The fourth-order valence-electron chi connectivity index (χ4n) is 3.81. The van der Waals surface area contributed by atoms with E-state index in [0.29, 0.717) is 5.91 Å². The number of thiophene rings is 1. The van der Waals surface area contributed by atoms with Crippen molar-refractivity contribution in [1.82, 2.24) is 5.32 Å². The van der Waals surface area contributed by atoms with Gasteiger partial charge in [-0.2, -0.15) is 0 Å². The first-order chi connectivity index (χ1) is 10.8. The van der Waals surface area contributed by atoms with Crippen LogP contribution < -0.4 is 5.32 Å². The van der Waals surface area contributed by atoms with Gasteiger partial charge >= 0.3 is 0 Å². The molecule has 2 aromatic rings. The van der Waals surface area contributed by atoms with Crippen LogP contribution in [0.5, 0.6) is 0 Å². The van der Waals surface area contributed by atoms with Crippen molar-refractivity contribution < 1.29 is 4.79 Å². The number of carbonyl (C=O) groups is 1. The summed E-state index contributed by atoms with van der Waals surface area (Å²) in [6.45, 7) is 0. The molecule has 116 valence electrons. The second-order valence-corrected chi connectivity index (χ2v) is 7.99. The summed E-state index contributed by atoms with van der Waals surface area (Å²) in [5.41, 5.74) is -0.103. The Labute approximate surface area is 135 Å². The van der Waals surface area contributed by atoms with Crippen LogP contribution in [0.25, 0.3) is 10.1 Å². The Bertz CT molecular complexity index is 647. The molecular weight excluding hydrogens is 290 g/mol. The lowest BCUT2D eigenvalue weighted by molar-refractivity contribution is -0.130. The van der Waals surface area contributed by atoms with Crippen molar-refractivity contribution in [2.45, 2.75) is 56.9 Å². The highest BCUT2D eigenvalue weighted by atomic mass is 32.1. The second kappa shape index (κ2) is 5.69. The van der Waals surface area contributed by atoms with Gasteiger partial charge in [-0.05, 0) is 43.2 Å². The zero-order chi connectivity index (χ0) is 15.0. The van der Waals surface area contributed by atoms with Crippen LogP contribution in [-0.2, 0) is 10.3 Å². The van der Waals surface area contributed by atoms with E-state index in [0.717, 1.165) is 25.7 Å². The van der Waals surface area contributed by atoms with Crippen LogP contribution in [0.4, 0.5) is 0 Å². The fourth-order valence-corrected chi connectivity index (χ4v) is 5.08. The van der Waals surface area contributed by atoms with E-state index in [1.54, 1.807) is 0 Å². The lowest BCUT2D eigenvalue weighted by Crippen LogP contribution is -2.49. The van der Waals surface area contributed by atoms with E-state index in [9.17, 15) is 4.79 Å². The minimum absolute atomic E-state index is 0.103. The number of carbonyl (C=O) groups excluding carboxylic acids is 1. The van der Waals surface area contributed by atoms with E-state index in [1.165, 1.54) is 40.6 Å². The van der Waals surface area contributed by atoms with Gasteiger partial charge in [0.2, 0.25) is 5.91 Å². The van der Waals surface area contributed by atoms with Crippen molar-refractivity contribution in [3.8, 4) is 0 Å². The Balaban J connectivity index is 1.68. The van der Waals surface area contributed by atoms with Crippen LogP contribution in [0.3, 0.4) is 0 Å². The number of rotatable bonds is 3. The molecule has 1 N–H and O–H groups in total. The van der Waals surface area contributed by atoms with Gasteiger partial charge in [0.1, 0.15) is 0 Å². The molecule has 1 heterocycles. The maximum absolute atomic E-state index is 12.6. The Morgan fingerprint density at radius 3 is 2.55 bits per heavy atom. The molecule has 0 saturated heterocycles. The number of nitrogens with one attached hydrogen (secondary N) is 1. The number of benzene rings is 1. The molecule has 1 aromatic carbocycles. The third kappa shape index (κ3) is 2.45. The Morgan fingerprint density at radius 1 is 1.09 bits per heavy atom. The lowest BCUT2D eigenvalue weighted by Gasteiger charge is -2.39. The third-order valence-electron chi connectivity index (χ3n) is 5.44. The van der Waals surface area contributed by atoms with Crippen molar-refractivity contribution in [3.05, 3.63) is 35.2 Å². The Morgan fingerprint density at radius 2 is 1.86 bits per heavy atom. The monoisotopic (exact) mass is 313 g/mol. The quantitative estimate of drug-likeness (QED) is 0.851. The first-order valence-corrected chi connectivity index (χ1v) is 9.40. The summed E-state index contributed by atoms with van der Waals surface area (Å²) in [6, 6.07) is 10.9. The summed E-state index contributed by atoms with van der Waals surface area (Å²) in [5.74, 6) is 0.568. The zero-order valence-corrected chi connectivity index (χ0v) is 13.8. The maximum atomic E-state index is 12.6. The maximum Gasteiger partial charge on any atom is 0.223 e. The molecule has 2 aliphatic rings. The molecular formula is C19H23NOS. The molecule has 0 spiro atoms. The normalized spacial score (nSPS) is 21.5. The molecule has 2 aliphatic carbocycles. The van der Waals surface area contributed by atoms with Gasteiger partial charge in [-0.25, -0.2) is 0 Å². The number of fused-ring (bicyclic) bond motifs is 1. The average Bonchev–Trinajstić information content (AvgIpc) is 2.91. The average molecular weight is 313 g/mol. The lowest BCUT2D eigenvalue weighted by atomic mass is 9.78. The number of hydrogen-bond acceptors (Lipinski definition) is 2. The molecule has 2 fully saturated rings. The molecule has 2 saturated carbocycles. The van der Waals surface area contributed by atoms with Crippen LogP contribution in [0.1, 0.15) is 56.2 Å². The molecule has 2 nitrogen and oxygen atoms in total.